The van der Waals surface area contributed by atoms with Gasteiger partial charge in [0.2, 0.25) is 0 Å². The van der Waals surface area contributed by atoms with Crippen LogP contribution in [0.15, 0.2) is 18.2 Å². The van der Waals surface area contributed by atoms with Crippen molar-refractivity contribution in [2.75, 3.05) is 5.73 Å². The molecule has 0 fully saturated rings. The van der Waals surface area contributed by atoms with Crippen molar-refractivity contribution in [2.24, 2.45) is 0 Å². The van der Waals surface area contributed by atoms with Crippen molar-refractivity contribution >= 4 is 16.7 Å². The standard InChI is InChI=1S/C13H19N3/c1-4-9(3)16-12-7-6-10(14)8-11(12)15-13(16)5-2/h6-9H,4-5,14H2,1-3H3. The van der Waals surface area contributed by atoms with Gasteiger partial charge in [0, 0.05) is 18.2 Å². The minimum Gasteiger partial charge on any atom is -0.399 e. The highest BCUT2D eigenvalue weighted by molar-refractivity contribution is 5.79. The van der Waals surface area contributed by atoms with E-state index in [1.807, 2.05) is 12.1 Å². The van der Waals surface area contributed by atoms with Crippen LogP contribution in [0.4, 0.5) is 5.69 Å². The molecule has 3 nitrogen and oxygen atoms in total. The van der Waals surface area contributed by atoms with E-state index in [4.69, 9.17) is 5.73 Å². The summed E-state index contributed by atoms with van der Waals surface area (Å²) in [7, 11) is 0. The van der Waals surface area contributed by atoms with E-state index in [9.17, 15) is 0 Å². The molecule has 2 rings (SSSR count). The molecule has 1 aromatic heterocycles. The zero-order chi connectivity index (χ0) is 11.7. The molecule has 0 bridgehead atoms. The molecule has 16 heavy (non-hydrogen) atoms. The van der Waals surface area contributed by atoms with Gasteiger partial charge in [-0.05, 0) is 31.5 Å². The molecule has 1 unspecified atom stereocenters. The van der Waals surface area contributed by atoms with Crippen LogP contribution in [-0.4, -0.2) is 9.55 Å². The van der Waals surface area contributed by atoms with E-state index in [1.165, 1.54) is 5.52 Å². The lowest BCUT2D eigenvalue weighted by atomic mass is 10.2. The average Bonchev–Trinajstić information content (AvgIpc) is 2.65. The van der Waals surface area contributed by atoms with Crippen molar-refractivity contribution in [2.45, 2.75) is 39.7 Å². The summed E-state index contributed by atoms with van der Waals surface area (Å²) >= 11 is 0. The molecule has 0 saturated carbocycles. The fourth-order valence-corrected chi connectivity index (χ4v) is 2.09. The van der Waals surface area contributed by atoms with Crippen LogP contribution in [0.2, 0.25) is 0 Å². The summed E-state index contributed by atoms with van der Waals surface area (Å²) in [5.74, 6) is 1.15. The van der Waals surface area contributed by atoms with Gasteiger partial charge in [0.05, 0.1) is 11.0 Å². The summed E-state index contributed by atoms with van der Waals surface area (Å²) in [6.45, 7) is 6.58. The summed E-state index contributed by atoms with van der Waals surface area (Å²) in [5, 5.41) is 0. The zero-order valence-corrected chi connectivity index (χ0v) is 10.2. The molecule has 86 valence electrons. The van der Waals surface area contributed by atoms with Gasteiger partial charge < -0.3 is 10.3 Å². The second-order valence-electron chi connectivity index (χ2n) is 4.26. The Kier molecular flexibility index (Phi) is 2.86. The number of hydrogen-bond donors (Lipinski definition) is 1. The second kappa shape index (κ2) is 4.16. The van der Waals surface area contributed by atoms with E-state index in [0.717, 1.165) is 29.9 Å². The highest BCUT2D eigenvalue weighted by Crippen LogP contribution is 2.24. The molecule has 0 radical (unpaired) electrons. The third kappa shape index (κ3) is 1.66. The van der Waals surface area contributed by atoms with E-state index < -0.39 is 0 Å². The second-order valence-corrected chi connectivity index (χ2v) is 4.26. The molecule has 0 aliphatic carbocycles. The smallest absolute Gasteiger partial charge is 0.109 e. The number of nitrogens with two attached hydrogens (primary N) is 1. The maximum atomic E-state index is 5.78. The maximum Gasteiger partial charge on any atom is 0.109 e. The number of imidazole rings is 1. The first-order valence-corrected chi connectivity index (χ1v) is 5.93. The Morgan fingerprint density at radius 3 is 2.75 bits per heavy atom. The number of rotatable bonds is 3. The Morgan fingerprint density at radius 2 is 2.12 bits per heavy atom. The van der Waals surface area contributed by atoms with Crippen molar-refractivity contribution in [3.63, 3.8) is 0 Å². The molecule has 0 saturated heterocycles. The van der Waals surface area contributed by atoms with Crippen molar-refractivity contribution in [3.8, 4) is 0 Å². The van der Waals surface area contributed by atoms with Crippen LogP contribution in [0, 0.1) is 0 Å². The normalized spacial score (nSPS) is 13.2. The number of nitrogen functional groups attached to an aromatic ring is 1. The first-order chi connectivity index (χ1) is 7.67. The SMILES string of the molecule is CCc1nc2cc(N)ccc2n1C(C)CC. The van der Waals surface area contributed by atoms with Crippen molar-refractivity contribution < 1.29 is 0 Å². The lowest BCUT2D eigenvalue weighted by Crippen LogP contribution is -2.07. The van der Waals surface area contributed by atoms with Crippen molar-refractivity contribution in [1.82, 2.24) is 9.55 Å². The molecule has 0 aliphatic rings. The third-order valence-corrected chi connectivity index (χ3v) is 3.13. The van der Waals surface area contributed by atoms with E-state index in [0.29, 0.717) is 6.04 Å². The van der Waals surface area contributed by atoms with Crippen LogP contribution in [0.1, 0.15) is 39.1 Å². The van der Waals surface area contributed by atoms with Crippen LogP contribution in [-0.2, 0) is 6.42 Å². The van der Waals surface area contributed by atoms with Gasteiger partial charge in [-0.25, -0.2) is 4.98 Å². The Morgan fingerprint density at radius 1 is 1.38 bits per heavy atom. The number of hydrogen-bond acceptors (Lipinski definition) is 2. The number of aryl methyl sites for hydroxylation is 1. The minimum absolute atomic E-state index is 0.489. The fourth-order valence-electron chi connectivity index (χ4n) is 2.09. The molecule has 0 aliphatic heterocycles. The third-order valence-electron chi connectivity index (χ3n) is 3.13. The summed E-state index contributed by atoms with van der Waals surface area (Å²) in [4.78, 5) is 4.64. The number of nitrogens with zero attached hydrogens (tertiary/aromatic N) is 2. The molecular formula is C13H19N3. The Balaban J connectivity index is 2.68. The quantitative estimate of drug-likeness (QED) is 0.803. The first-order valence-electron chi connectivity index (χ1n) is 5.93. The molecule has 1 atom stereocenters. The Hall–Kier alpha value is -1.51. The van der Waals surface area contributed by atoms with Crippen molar-refractivity contribution in [3.05, 3.63) is 24.0 Å². The van der Waals surface area contributed by atoms with Gasteiger partial charge in [0.1, 0.15) is 5.82 Å². The van der Waals surface area contributed by atoms with Crippen LogP contribution in [0.3, 0.4) is 0 Å². The fraction of sp³-hybridized carbons (Fsp3) is 0.462. The molecule has 1 aromatic carbocycles. The Bertz CT molecular complexity index is 499. The molecule has 2 N–H and O–H groups in total. The van der Waals surface area contributed by atoms with Crippen molar-refractivity contribution in [1.29, 1.82) is 0 Å². The van der Waals surface area contributed by atoms with Crippen LogP contribution in [0.25, 0.3) is 11.0 Å². The highest BCUT2D eigenvalue weighted by Gasteiger charge is 2.13. The van der Waals surface area contributed by atoms with Crippen LogP contribution < -0.4 is 5.73 Å². The monoisotopic (exact) mass is 217 g/mol. The Labute approximate surface area is 96.3 Å². The maximum absolute atomic E-state index is 5.78. The number of aromatic nitrogens is 2. The molecule has 0 amide bonds. The molecule has 3 heteroatoms. The topological polar surface area (TPSA) is 43.8 Å². The zero-order valence-electron chi connectivity index (χ0n) is 10.2. The van der Waals surface area contributed by atoms with Gasteiger partial charge in [-0.2, -0.15) is 0 Å². The minimum atomic E-state index is 0.489. The number of fused-ring (bicyclic) bond motifs is 1. The van der Waals surface area contributed by atoms with Gasteiger partial charge in [0.15, 0.2) is 0 Å². The van der Waals surface area contributed by atoms with Crippen LogP contribution in [0.5, 0.6) is 0 Å². The average molecular weight is 217 g/mol. The van der Waals surface area contributed by atoms with Gasteiger partial charge in [-0.3, -0.25) is 0 Å². The van der Waals surface area contributed by atoms with E-state index >= 15 is 0 Å². The highest BCUT2D eigenvalue weighted by atomic mass is 15.1. The lowest BCUT2D eigenvalue weighted by Gasteiger charge is -2.15. The summed E-state index contributed by atoms with van der Waals surface area (Å²) in [5.41, 5.74) is 8.77. The summed E-state index contributed by atoms with van der Waals surface area (Å²) in [6, 6.07) is 6.46. The summed E-state index contributed by atoms with van der Waals surface area (Å²) in [6.07, 6.45) is 2.07. The van der Waals surface area contributed by atoms with E-state index in [2.05, 4.69) is 36.4 Å². The predicted molar refractivity (Wildman–Crippen MR) is 68.5 cm³/mol. The first kappa shape index (κ1) is 11.0. The van der Waals surface area contributed by atoms with E-state index in [-0.39, 0.29) is 0 Å². The molecule has 0 spiro atoms. The largest absolute Gasteiger partial charge is 0.399 e. The lowest BCUT2D eigenvalue weighted by molar-refractivity contribution is 0.524. The van der Waals surface area contributed by atoms with Gasteiger partial charge in [-0.15, -0.1) is 0 Å². The number of benzene rings is 1. The predicted octanol–water partition coefficient (Wildman–Crippen LogP) is 3.15. The molecular weight excluding hydrogens is 198 g/mol. The molecule has 2 aromatic rings. The molecule has 1 heterocycles. The van der Waals surface area contributed by atoms with Gasteiger partial charge >= 0.3 is 0 Å². The van der Waals surface area contributed by atoms with Gasteiger partial charge in [0.25, 0.3) is 0 Å². The van der Waals surface area contributed by atoms with Gasteiger partial charge in [-0.1, -0.05) is 13.8 Å². The number of anilines is 1. The summed E-state index contributed by atoms with van der Waals surface area (Å²) < 4.78 is 2.33. The van der Waals surface area contributed by atoms with Crippen LogP contribution >= 0.6 is 0 Å². The van der Waals surface area contributed by atoms with E-state index in [1.54, 1.807) is 0 Å².